The maximum Gasteiger partial charge on any atom is 0.410 e. The first-order valence-electron chi connectivity index (χ1n) is 10.6. The lowest BCUT2D eigenvalue weighted by Gasteiger charge is -2.35. The van der Waals surface area contributed by atoms with E-state index in [1.54, 1.807) is 17.4 Å². The molecule has 1 amide bonds. The van der Waals surface area contributed by atoms with Crippen LogP contribution in [0.4, 0.5) is 4.79 Å². The molecule has 3 aromatic rings. The Hall–Kier alpha value is -3.16. The van der Waals surface area contributed by atoms with Crippen molar-refractivity contribution in [3.05, 3.63) is 84.4 Å². The highest BCUT2D eigenvalue weighted by molar-refractivity contribution is 5.67. The van der Waals surface area contributed by atoms with Crippen LogP contribution in [-0.2, 0) is 22.6 Å². The van der Waals surface area contributed by atoms with E-state index in [-0.39, 0.29) is 24.8 Å². The molecule has 1 aliphatic rings. The molecule has 2 atom stereocenters. The van der Waals surface area contributed by atoms with E-state index in [1.165, 1.54) is 5.56 Å². The summed E-state index contributed by atoms with van der Waals surface area (Å²) in [4.78, 5) is 18.4. The summed E-state index contributed by atoms with van der Waals surface area (Å²) in [6.45, 7) is 4.60. The van der Waals surface area contributed by atoms with Crippen LogP contribution in [0.3, 0.4) is 0 Å². The molecule has 1 saturated heterocycles. The third kappa shape index (κ3) is 5.51. The summed E-state index contributed by atoms with van der Waals surface area (Å²) >= 11 is 0. The largest absolute Gasteiger partial charge is 0.445 e. The molecule has 1 aliphatic heterocycles. The van der Waals surface area contributed by atoms with E-state index >= 15 is 0 Å². The first-order chi connectivity index (χ1) is 15.2. The van der Waals surface area contributed by atoms with Gasteiger partial charge in [-0.25, -0.2) is 9.78 Å². The average molecular weight is 421 g/mol. The van der Waals surface area contributed by atoms with Gasteiger partial charge in [0.25, 0.3) is 0 Å². The number of morpholine rings is 1. The van der Waals surface area contributed by atoms with Gasteiger partial charge in [-0.1, -0.05) is 48.5 Å². The topological polar surface area (TPSA) is 68.6 Å². The molecule has 7 nitrogen and oxygen atoms in total. The molecule has 1 aromatic heterocycles. The predicted octanol–water partition coefficient (Wildman–Crippen LogP) is 3.39. The van der Waals surface area contributed by atoms with Gasteiger partial charge in [-0.2, -0.15) is 0 Å². The van der Waals surface area contributed by atoms with E-state index in [2.05, 4.69) is 29.4 Å². The molecule has 0 unspecified atom stereocenters. The number of aromatic nitrogens is 2. The van der Waals surface area contributed by atoms with Crippen molar-refractivity contribution in [3.63, 3.8) is 0 Å². The van der Waals surface area contributed by atoms with Gasteiger partial charge < -0.3 is 24.3 Å². The Morgan fingerprint density at radius 1 is 1.23 bits per heavy atom. The van der Waals surface area contributed by atoms with Crippen LogP contribution in [0.2, 0.25) is 0 Å². The number of amides is 1. The molecule has 0 saturated carbocycles. The lowest BCUT2D eigenvalue weighted by molar-refractivity contribution is -0.0419. The Kier molecular flexibility index (Phi) is 6.96. The molecule has 1 fully saturated rings. The number of imidazole rings is 1. The number of nitrogens with zero attached hydrogens (tertiary/aromatic N) is 3. The van der Waals surface area contributed by atoms with Gasteiger partial charge in [0.1, 0.15) is 6.61 Å². The number of ether oxygens (including phenoxy) is 2. The SMILES string of the molecule is C[C@@H](NCc1ccccc1-n1ccnc1)[C@@H]1CN(C(=O)OCc2ccccc2)CCO1. The zero-order valence-electron chi connectivity index (χ0n) is 17.7. The van der Waals surface area contributed by atoms with Crippen molar-refractivity contribution in [2.75, 3.05) is 19.7 Å². The molecular weight excluding hydrogens is 392 g/mol. The summed E-state index contributed by atoms with van der Waals surface area (Å²) < 4.78 is 13.4. The van der Waals surface area contributed by atoms with Gasteiger partial charge in [-0.15, -0.1) is 0 Å². The Bertz CT molecular complexity index is 962. The molecule has 1 N–H and O–H groups in total. The Morgan fingerprint density at radius 2 is 2.03 bits per heavy atom. The molecule has 0 aliphatic carbocycles. The minimum Gasteiger partial charge on any atom is -0.445 e. The number of benzene rings is 2. The van der Waals surface area contributed by atoms with Gasteiger partial charge in [0, 0.05) is 31.5 Å². The van der Waals surface area contributed by atoms with Gasteiger partial charge in [0.2, 0.25) is 0 Å². The van der Waals surface area contributed by atoms with Crippen molar-refractivity contribution in [1.29, 1.82) is 0 Å². The molecule has 31 heavy (non-hydrogen) atoms. The summed E-state index contributed by atoms with van der Waals surface area (Å²) in [5.41, 5.74) is 3.24. The van der Waals surface area contributed by atoms with Gasteiger partial charge >= 0.3 is 6.09 Å². The number of hydrogen-bond acceptors (Lipinski definition) is 5. The molecule has 2 aromatic carbocycles. The van der Waals surface area contributed by atoms with Crippen molar-refractivity contribution < 1.29 is 14.3 Å². The zero-order chi connectivity index (χ0) is 21.5. The molecule has 2 heterocycles. The van der Waals surface area contributed by atoms with Gasteiger partial charge in [0.05, 0.1) is 31.3 Å². The van der Waals surface area contributed by atoms with Crippen molar-refractivity contribution in [2.24, 2.45) is 0 Å². The van der Waals surface area contributed by atoms with E-state index in [0.717, 1.165) is 11.3 Å². The van der Waals surface area contributed by atoms with Crippen LogP contribution in [0, 0.1) is 0 Å². The van der Waals surface area contributed by atoms with E-state index in [0.29, 0.717) is 26.2 Å². The second-order valence-electron chi connectivity index (χ2n) is 7.66. The lowest BCUT2D eigenvalue weighted by atomic mass is 10.1. The summed E-state index contributed by atoms with van der Waals surface area (Å²) in [6, 6.07) is 18.0. The molecule has 0 radical (unpaired) electrons. The molecule has 7 heteroatoms. The van der Waals surface area contributed by atoms with E-state index in [1.807, 2.05) is 53.2 Å². The van der Waals surface area contributed by atoms with Crippen LogP contribution in [-0.4, -0.2) is 52.4 Å². The fraction of sp³-hybridized carbons (Fsp3) is 0.333. The number of carbonyl (C=O) groups excluding carboxylic acids is 1. The van der Waals surface area contributed by atoms with Crippen molar-refractivity contribution in [3.8, 4) is 5.69 Å². The summed E-state index contributed by atoms with van der Waals surface area (Å²) in [7, 11) is 0. The van der Waals surface area contributed by atoms with Crippen molar-refractivity contribution in [2.45, 2.75) is 32.2 Å². The van der Waals surface area contributed by atoms with Crippen molar-refractivity contribution in [1.82, 2.24) is 19.8 Å². The Balaban J connectivity index is 1.30. The first kappa shape index (κ1) is 21.1. The Labute approximate surface area is 182 Å². The number of para-hydroxylation sites is 1. The van der Waals surface area contributed by atoms with E-state index in [4.69, 9.17) is 9.47 Å². The third-order valence-corrected chi connectivity index (χ3v) is 5.50. The van der Waals surface area contributed by atoms with E-state index in [9.17, 15) is 4.79 Å². The minimum atomic E-state index is -0.296. The zero-order valence-corrected chi connectivity index (χ0v) is 17.7. The fourth-order valence-electron chi connectivity index (χ4n) is 3.67. The number of rotatable bonds is 7. The predicted molar refractivity (Wildman–Crippen MR) is 118 cm³/mol. The van der Waals surface area contributed by atoms with Crippen LogP contribution in [0.15, 0.2) is 73.3 Å². The highest BCUT2D eigenvalue weighted by atomic mass is 16.6. The summed E-state index contributed by atoms with van der Waals surface area (Å²) in [5.74, 6) is 0. The summed E-state index contributed by atoms with van der Waals surface area (Å²) in [6.07, 6.45) is 5.11. The molecule has 0 spiro atoms. The standard InChI is InChI=1S/C24H28N4O3/c1-19(26-15-21-9-5-6-10-22(21)28-12-11-25-18-28)23-16-27(13-14-30-23)24(29)31-17-20-7-3-2-4-8-20/h2-12,18-19,23,26H,13-17H2,1H3/t19-,23+/m1/s1. The second kappa shape index (κ2) is 10.2. The maximum absolute atomic E-state index is 12.5. The number of carbonyl (C=O) groups is 1. The summed E-state index contributed by atoms with van der Waals surface area (Å²) in [5, 5.41) is 3.55. The highest BCUT2D eigenvalue weighted by Crippen LogP contribution is 2.16. The first-order valence-corrected chi connectivity index (χ1v) is 10.6. The lowest BCUT2D eigenvalue weighted by Crippen LogP contribution is -2.52. The van der Waals surface area contributed by atoms with E-state index < -0.39 is 0 Å². The van der Waals surface area contributed by atoms with Crippen LogP contribution in [0.5, 0.6) is 0 Å². The maximum atomic E-state index is 12.5. The quantitative estimate of drug-likeness (QED) is 0.635. The number of hydrogen-bond donors (Lipinski definition) is 1. The third-order valence-electron chi connectivity index (χ3n) is 5.50. The van der Waals surface area contributed by atoms with Crippen LogP contribution < -0.4 is 5.32 Å². The van der Waals surface area contributed by atoms with Gasteiger partial charge in [0.15, 0.2) is 0 Å². The van der Waals surface area contributed by atoms with Crippen LogP contribution in [0.1, 0.15) is 18.1 Å². The monoisotopic (exact) mass is 420 g/mol. The average Bonchev–Trinajstić information content (AvgIpc) is 3.37. The number of nitrogens with one attached hydrogen (secondary N) is 1. The minimum absolute atomic E-state index is 0.0700. The van der Waals surface area contributed by atoms with Crippen LogP contribution in [0.25, 0.3) is 5.69 Å². The highest BCUT2D eigenvalue weighted by Gasteiger charge is 2.29. The molecule has 0 bridgehead atoms. The van der Waals surface area contributed by atoms with Gasteiger partial charge in [-0.3, -0.25) is 0 Å². The van der Waals surface area contributed by atoms with Crippen molar-refractivity contribution >= 4 is 6.09 Å². The smallest absolute Gasteiger partial charge is 0.410 e. The van der Waals surface area contributed by atoms with Crippen LogP contribution >= 0.6 is 0 Å². The van der Waals surface area contributed by atoms with Gasteiger partial charge in [-0.05, 0) is 24.1 Å². The Morgan fingerprint density at radius 3 is 2.84 bits per heavy atom. The second-order valence-corrected chi connectivity index (χ2v) is 7.66. The fourth-order valence-corrected chi connectivity index (χ4v) is 3.67. The molecule has 162 valence electrons. The molecular formula is C24H28N4O3. The molecule has 4 rings (SSSR count). The normalized spacial score (nSPS) is 17.3.